The average molecular weight is 556 g/mol. The van der Waals surface area contributed by atoms with Crippen molar-refractivity contribution in [3.8, 4) is 5.75 Å². The molecule has 1 aromatic heterocycles. The highest BCUT2D eigenvalue weighted by molar-refractivity contribution is 7.22. The smallest absolute Gasteiger partial charge is 0.416 e. The van der Waals surface area contributed by atoms with Crippen LogP contribution in [0, 0.1) is 0 Å². The molecule has 0 aliphatic carbocycles. The molecule has 0 spiro atoms. The van der Waals surface area contributed by atoms with Gasteiger partial charge in [-0.25, -0.2) is 4.98 Å². The van der Waals surface area contributed by atoms with Crippen molar-refractivity contribution in [1.29, 1.82) is 0 Å². The lowest BCUT2D eigenvalue weighted by atomic mass is 9.83. The Hall–Kier alpha value is -2.56. The van der Waals surface area contributed by atoms with E-state index in [9.17, 15) is 18.0 Å². The van der Waals surface area contributed by atoms with Gasteiger partial charge in [-0.15, -0.1) is 0 Å². The van der Waals surface area contributed by atoms with Crippen molar-refractivity contribution < 1.29 is 27.8 Å². The molecule has 200 valence electrons. The molecule has 1 aliphatic rings. The summed E-state index contributed by atoms with van der Waals surface area (Å²) in [6, 6.07) is 8.68. The third-order valence-electron chi connectivity index (χ3n) is 7.13. The molecule has 0 amide bonds. The Morgan fingerprint density at radius 3 is 2.62 bits per heavy atom. The van der Waals surface area contributed by atoms with E-state index in [1.165, 1.54) is 23.5 Å². The number of alkyl halides is 3. The van der Waals surface area contributed by atoms with Crippen molar-refractivity contribution in [3.05, 3.63) is 52.5 Å². The van der Waals surface area contributed by atoms with Gasteiger partial charge in [-0.05, 0) is 68.8 Å². The maximum atomic E-state index is 13.1. The number of thiazole rings is 1. The lowest BCUT2D eigenvalue weighted by molar-refractivity contribution is -0.138. The summed E-state index contributed by atoms with van der Waals surface area (Å²) in [6.07, 6.45) is -2.04. The quantitative estimate of drug-likeness (QED) is 0.332. The minimum Gasteiger partial charge on any atom is -0.492 e. The van der Waals surface area contributed by atoms with Gasteiger partial charge >= 0.3 is 12.1 Å². The number of nitrogens with zero attached hydrogens (tertiary/aromatic N) is 3. The third kappa shape index (κ3) is 6.30. The number of hydrogen-bond donors (Lipinski definition) is 1. The number of fused-ring (bicyclic) bond motifs is 1. The Morgan fingerprint density at radius 1 is 1.24 bits per heavy atom. The average Bonchev–Trinajstić information content (AvgIpc) is 3.28. The van der Waals surface area contributed by atoms with Crippen molar-refractivity contribution in [2.45, 2.75) is 44.3 Å². The van der Waals surface area contributed by atoms with Gasteiger partial charge in [-0.3, -0.25) is 4.79 Å². The normalized spacial score (nSPS) is 15.9. The second-order valence-corrected chi connectivity index (χ2v) is 10.8. The van der Waals surface area contributed by atoms with E-state index in [1.54, 1.807) is 18.2 Å². The van der Waals surface area contributed by atoms with Crippen molar-refractivity contribution in [3.63, 3.8) is 0 Å². The summed E-state index contributed by atoms with van der Waals surface area (Å²) in [4.78, 5) is 20.1. The molecule has 3 aromatic rings. The van der Waals surface area contributed by atoms with Crippen LogP contribution >= 0.6 is 22.9 Å². The van der Waals surface area contributed by atoms with Crippen LogP contribution < -0.4 is 9.64 Å². The predicted molar refractivity (Wildman–Crippen MR) is 140 cm³/mol. The van der Waals surface area contributed by atoms with Crippen molar-refractivity contribution in [2.75, 3.05) is 38.2 Å². The van der Waals surface area contributed by atoms with Gasteiger partial charge in [0.1, 0.15) is 5.75 Å². The molecule has 2 aromatic carbocycles. The Kier molecular flexibility index (Phi) is 8.20. The van der Waals surface area contributed by atoms with Crippen molar-refractivity contribution in [2.24, 2.45) is 0 Å². The molecule has 0 bridgehead atoms. The van der Waals surface area contributed by atoms with E-state index in [1.807, 2.05) is 0 Å². The van der Waals surface area contributed by atoms with E-state index in [0.717, 1.165) is 50.1 Å². The number of aliphatic carboxylic acids is 1. The summed E-state index contributed by atoms with van der Waals surface area (Å²) in [5, 5.41) is 10.2. The molecule has 0 radical (unpaired) electrons. The van der Waals surface area contributed by atoms with Crippen LogP contribution in [0.5, 0.6) is 5.75 Å². The Bertz CT molecular complexity index is 1260. The number of rotatable bonds is 9. The first-order chi connectivity index (χ1) is 17.5. The molecule has 2 heterocycles. The minimum atomic E-state index is -4.38. The van der Waals surface area contributed by atoms with E-state index in [4.69, 9.17) is 21.4 Å². The molecule has 0 unspecified atom stereocenters. The molecule has 0 saturated carbocycles. The van der Waals surface area contributed by atoms with Gasteiger partial charge in [0.05, 0.1) is 33.8 Å². The fourth-order valence-corrected chi connectivity index (χ4v) is 6.02. The molecule has 1 fully saturated rings. The number of hydrogen-bond acceptors (Lipinski definition) is 6. The Labute approximate surface area is 222 Å². The van der Waals surface area contributed by atoms with Crippen LogP contribution in [0.1, 0.15) is 37.3 Å². The number of carbonyl (C=O) groups is 1. The fourth-order valence-electron chi connectivity index (χ4n) is 4.79. The van der Waals surface area contributed by atoms with Crippen LogP contribution in [-0.4, -0.2) is 59.8 Å². The third-order valence-corrected chi connectivity index (χ3v) is 8.52. The molecule has 0 atom stereocenters. The number of halogens is 4. The molecular weight excluding hydrogens is 527 g/mol. The molecule has 1 N–H and O–H groups in total. The Morgan fingerprint density at radius 2 is 1.97 bits per heavy atom. The second kappa shape index (κ2) is 11.0. The van der Waals surface area contributed by atoms with E-state index in [-0.39, 0.29) is 12.0 Å². The number of aromatic nitrogens is 1. The molecular formula is C26H29ClF3N3O3S. The zero-order valence-corrected chi connectivity index (χ0v) is 22.2. The van der Waals surface area contributed by atoms with E-state index in [2.05, 4.69) is 28.8 Å². The maximum Gasteiger partial charge on any atom is 0.416 e. The van der Waals surface area contributed by atoms with Gasteiger partial charge in [-0.2, -0.15) is 13.2 Å². The number of carboxylic acids is 1. The standard InChI is InChI=1S/C26H29ClF3N3O3S/c1-3-32(2)25(10-13-36-21-14-17(15-23(34)35)4-6-19(21)27)8-11-33(12-9-25)24-31-20-7-5-18(26(28,29)30)16-22(20)37-24/h4-7,14,16H,3,8-13,15H2,1-2H3,(H,34,35). The Balaban J connectivity index is 1.43. The van der Waals surface area contributed by atoms with Crippen molar-refractivity contribution in [1.82, 2.24) is 9.88 Å². The molecule has 4 rings (SSSR count). The molecule has 37 heavy (non-hydrogen) atoms. The lowest BCUT2D eigenvalue weighted by Crippen LogP contribution is -2.54. The largest absolute Gasteiger partial charge is 0.492 e. The van der Waals surface area contributed by atoms with E-state index in [0.29, 0.717) is 33.2 Å². The maximum absolute atomic E-state index is 13.1. The molecule has 1 saturated heterocycles. The van der Waals surface area contributed by atoms with Gasteiger partial charge in [0.2, 0.25) is 0 Å². The number of benzene rings is 2. The van der Waals surface area contributed by atoms with Crippen LogP contribution in [0.15, 0.2) is 36.4 Å². The summed E-state index contributed by atoms with van der Waals surface area (Å²) >= 11 is 7.57. The van der Waals surface area contributed by atoms with Gasteiger partial charge in [0.25, 0.3) is 0 Å². The van der Waals surface area contributed by atoms with Gasteiger partial charge in [0.15, 0.2) is 5.13 Å². The SMILES string of the molecule is CCN(C)C1(CCOc2cc(CC(=O)O)ccc2Cl)CCN(c2nc3ccc(C(F)(F)F)cc3s2)CC1. The fraction of sp³-hybridized carbons (Fsp3) is 0.462. The molecule has 6 nitrogen and oxygen atoms in total. The van der Waals surface area contributed by atoms with Crippen molar-refractivity contribution >= 4 is 44.3 Å². The summed E-state index contributed by atoms with van der Waals surface area (Å²) in [7, 11) is 2.09. The summed E-state index contributed by atoms with van der Waals surface area (Å²) in [6.45, 7) is 4.83. The number of ether oxygens (including phenoxy) is 1. The summed E-state index contributed by atoms with van der Waals surface area (Å²) in [5.74, 6) is -0.447. The van der Waals surface area contributed by atoms with Crippen LogP contribution in [0.25, 0.3) is 10.2 Å². The van der Waals surface area contributed by atoms with Crippen LogP contribution in [0.2, 0.25) is 5.02 Å². The van der Waals surface area contributed by atoms with Gasteiger partial charge in [-0.1, -0.05) is 35.9 Å². The lowest BCUT2D eigenvalue weighted by Gasteiger charge is -2.47. The van der Waals surface area contributed by atoms with Crippen LogP contribution in [-0.2, 0) is 17.4 Å². The molecule has 1 aliphatic heterocycles. The monoisotopic (exact) mass is 555 g/mol. The number of carboxylic acid groups (broad SMARTS) is 1. The van der Waals surface area contributed by atoms with E-state index >= 15 is 0 Å². The first-order valence-electron chi connectivity index (χ1n) is 12.1. The molecule has 11 heteroatoms. The zero-order chi connectivity index (χ0) is 26.8. The van der Waals surface area contributed by atoms with Crippen LogP contribution in [0.4, 0.5) is 18.3 Å². The first kappa shape index (κ1) is 27.5. The number of anilines is 1. The van der Waals surface area contributed by atoms with E-state index < -0.39 is 17.7 Å². The number of piperidine rings is 1. The second-order valence-electron chi connectivity index (χ2n) is 9.34. The van der Waals surface area contributed by atoms with Crippen LogP contribution in [0.3, 0.4) is 0 Å². The highest BCUT2D eigenvalue weighted by Crippen LogP contribution is 2.38. The summed E-state index contributed by atoms with van der Waals surface area (Å²) < 4.78 is 45.8. The first-order valence-corrected chi connectivity index (χ1v) is 13.3. The topological polar surface area (TPSA) is 65.9 Å². The zero-order valence-electron chi connectivity index (χ0n) is 20.6. The summed E-state index contributed by atoms with van der Waals surface area (Å²) in [5.41, 5.74) is 0.423. The minimum absolute atomic E-state index is 0.102. The van der Waals surface area contributed by atoms with Gasteiger partial charge < -0.3 is 19.6 Å². The van der Waals surface area contributed by atoms with Gasteiger partial charge in [0, 0.05) is 18.6 Å². The predicted octanol–water partition coefficient (Wildman–Crippen LogP) is 6.36. The highest BCUT2D eigenvalue weighted by Gasteiger charge is 2.38. The highest BCUT2D eigenvalue weighted by atomic mass is 35.5.